The number of fused-ring (bicyclic) bond motifs is 1. The third kappa shape index (κ3) is 4.19. The van der Waals surface area contributed by atoms with Gasteiger partial charge in [-0.05, 0) is 47.5 Å². The molecule has 166 valence electrons. The Kier molecular flexibility index (Phi) is 5.90. The fourth-order valence-corrected chi connectivity index (χ4v) is 4.61. The van der Waals surface area contributed by atoms with Crippen LogP contribution in [-0.2, 0) is 4.79 Å². The van der Waals surface area contributed by atoms with Gasteiger partial charge in [-0.1, -0.05) is 48.5 Å². The second-order valence-electron chi connectivity index (χ2n) is 7.52. The summed E-state index contributed by atoms with van der Waals surface area (Å²) < 4.78 is 11.7. The number of imide groups is 1. The van der Waals surface area contributed by atoms with Crippen LogP contribution in [0.3, 0.4) is 0 Å². The van der Waals surface area contributed by atoms with Gasteiger partial charge in [-0.3, -0.25) is 14.5 Å². The highest BCUT2D eigenvalue weighted by Crippen LogP contribution is 2.34. The first-order valence-electron chi connectivity index (χ1n) is 10.6. The summed E-state index contributed by atoms with van der Waals surface area (Å²) in [6, 6.07) is 26.4. The summed E-state index contributed by atoms with van der Waals surface area (Å²) in [4.78, 5) is 26.7. The van der Waals surface area contributed by atoms with E-state index in [0.717, 1.165) is 22.5 Å². The molecule has 34 heavy (non-hydrogen) atoms. The van der Waals surface area contributed by atoms with Crippen molar-refractivity contribution in [1.82, 2.24) is 4.90 Å². The molecule has 2 heterocycles. The van der Waals surface area contributed by atoms with Crippen LogP contribution in [0.25, 0.3) is 28.2 Å². The van der Waals surface area contributed by atoms with E-state index < -0.39 is 0 Å². The number of carbonyl (C=O) groups excluding carboxylic acids is 2. The molecule has 0 saturated carbocycles. The monoisotopic (exact) mass is 466 g/mol. The first-order valence-corrected chi connectivity index (χ1v) is 11.4. The van der Waals surface area contributed by atoms with Crippen molar-refractivity contribution in [3.05, 3.63) is 95.1 Å². The quantitative estimate of drug-likeness (QED) is 0.320. The van der Waals surface area contributed by atoms with Crippen molar-refractivity contribution in [2.75, 3.05) is 13.2 Å². The van der Waals surface area contributed by atoms with Crippen molar-refractivity contribution in [1.29, 1.82) is 5.26 Å². The average molecular weight is 467 g/mol. The normalized spacial score (nSPS) is 14.7. The van der Waals surface area contributed by atoms with Crippen LogP contribution in [0.1, 0.15) is 11.3 Å². The second kappa shape index (κ2) is 9.30. The Morgan fingerprint density at radius 2 is 1.76 bits per heavy atom. The van der Waals surface area contributed by atoms with Gasteiger partial charge in [0.15, 0.2) is 0 Å². The largest absolute Gasteiger partial charge is 0.491 e. The summed E-state index contributed by atoms with van der Waals surface area (Å²) in [5, 5.41) is 11.0. The van der Waals surface area contributed by atoms with E-state index in [1.54, 1.807) is 36.4 Å². The Morgan fingerprint density at radius 1 is 0.971 bits per heavy atom. The van der Waals surface area contributed by atoms with E-state index in [1.165, 1.54) is 4.90 Å². The van der Waals surface area contributed by atoms with Gasteiger partial charge in [0.05, 0.1) is 23.1 Å². The zero-order valence-electron chi connectivity index (χ0n) is 17.9. The van der Waals surface area contributed by atoms with Gasteiger partial charge in [0.1, 0.15) is 23.9 Å². The number of benzene rings is 3. The average Bonchev–Trinajstić information content (AvgIpc) is 3.44. The van der Waals surface area contributed by atoms with E-state index in [0.29, 0.717) is 28.4 Å². The van der Waals surface area contributed by atoms with Crippen molar-refractivity contribution in [2.45, 2.75) is 0 Å². The second-order valence-corrected chi connectivity index (χ2v) is 8.51. The number of furan rings is 1. The summed E-state index contributed by atoms with van der Waals surface area (Å²) in [6.07, 6.45) is 1.55. The summed E-state index contributed by atoms with van der Waals surface area (Å²) in [5.41, 5.74) is 1.17. The number of hydrogen-bond acceptors (Lipinski definition) is 6. The molecular formula is C27H18N2O4S. The van der Waals surface area contributed by atoms with E-state index in [2.05, 4.69) is 6.07 Å². The molecule has 1 saturated heterocycles. The predicted octanol–water partition coefficient (Wildman–Crippen LogP) is 6.09. The molecule has 0 radical (unpaired) electrons. The number of amides is 2. The van der Waals surface area contributed by atoms with Gasteiger partial charge >= 0.3 is 0 Å². The molecule has 0 N–H and O–H groups in total. The number of hydrogen-bond donors (Lipinski definition) is 0. The smallest absolute Gasteiger partial charge is 0.293 e. The maximum absolute atomic E-state index is 12.8. The van der Waals surface area contributed by atoms with Crippen LogP contribution in [0.4, 0.5) is 4.79 Å². The maximum Gasteiger partial charge on any atom is 0.293 e. The van der Waals surface area contributed by atoms with Crippen LogP contribution in [0.15, 0.2) is 88.2 Å². The van der Waals surface area contributed by atoms with Crippen LogP contribution >= 0.6 is 11.8 Å². The van der Waals surface area contributed by atoms with Gasteiger partial charge in [-0.15, -0.1) is 0 Å². The van der Waals surface area contributed by atoms with Gasteiger partial charge in [-0.25, -0.2) is 0 Å². The van der Waals surface area contributed by atoms with Crippen LogP contribution in [0.5, 0.6) is 5.75 Å². The van der Waals surface area contributed by atoms with Crippen molar-refractivity contribution < 1.29 is 18.7 Å². The Morgan fingerprint density at radius 3 is 2.65 bits per heavy atom. The summed E-state index contributed by atoms with van der Waals surface area (Å²) in [6.45, 7) is 0.333. The Bertz CT molecular complexity index is 1480. The lowest BCUT2D eigenvalue weighted by Gasteiger charge is -2.14. The molecule has 4 aromatic rings. The van der Waals surface area contributed by atoms with Crippen molar-refractivity contribution in [3.8, 4) is 23.1 Å². The van der Waals surface area contributed by atoms with Crippen LogP contribution in [-0.4, -0.2) is 29.2 Å². The van der Waals surface area contributed by atoms with Crippen molar-refractivity contribution in [2.24, 2.45) is 0 Å². The van der Waals surface area contributed by atoms with Gasteiger partial charge in [0, 0.05) is 17.0 Å². The molecule has 0 unspecified atom stereocenters. The summed E-state index contributed by atoms with van der Waals surface area (Å²) >= 11 is 0.869. The topological polar surface area (TPSA) is 83.5 Å². The van der Waals surface area contributed by atoms with Gasteiger partial charge in [0.25, 0.3) is 11.1 Å². The zero-order chi connectivity index (χ0) is 23.5. The van der Waals surface area contributed by atoms with Crippen LogP contribution < -0.4 is 4.74 Å². The molecule has 0 spiro atoms. The summed E-state index contributed by atoms with van der Waals surface area (Å²) in [7, 11) is 0. The minimum absolute atomic E-state index is 0.143. The fraction of sp³-hybridized carbons (Fsp3) is 0.0741. The molecule has 2 amide bonds. The van der Waals surface area contributed by atoms with Crippen molar-refractivity contribution in [3.63, 3.8) is 0 Å². The molecule has 0 aliphatic carbocycles. The van der Waals surface area contributed by atoms with Crippen molar-refractivity contribution >= 4 is 39.8 Å². The molecule has 6 nitrogen and oxygen atoms in total. The first kappa shape index (κ1) is 21.6. The van der Waals surface area contributed by atoms with E-state index in [1.807, 2.05) is 48.5 Å². The third-order valence-corrected chi connectivity index (χ3v) is 6.32. The molecule has 5 rings (SSSR count). The molecule has 1 aromatic heterocycles. The molecule has 7 heteroatoms. The lowest BCUT2D eigenvalue weighted by molar-refractivity contribution is -0.123. The highest BCUT2D eigenvalue weighted by atomic mass is 32.2. The minimum atomic E-state index is -0.383. The Balaban J connectivity index is 1.27. The molecule has 1 fully saturated rings. The summed E-state index contributed by atoms with van der Waals surface area (Å²) in [5.74, 6) is 1.28. The maximum atomic E-state index is 12.8. The number of carbonyl (C=O) groups is 2. The zero-order valence-corrected chi connectivity index (χ0v) is 18.7. The lowest BCUT2D eigenvalue weighted by atomic mass is 10.1. The molecular weight excluding hydrogens is 448 g/mol. The standard InChI is InChI=1S/C27H18N2O4S/c28-17-19-7-2-4-10-22(19)24-13-12-20(33-24)16-25-26(30)29(27(31)34-25)14-15-32-23-11-5-8-18-6-1-3-9-21(18)23/h1-13,16H,14-15H2/b25-16-. The number of rotatable bonds is 6. The highest BCUT2D eigenvalue weighted by molar-refractivity contribution is 8.18. The molecule has 3 aromatic carbocycles. The highest BCUT2D eigenvalue weighted by Gasteiger charge is 2.35. The number of nitriles is 1. The molecule has 1 aliphatic rings. The van der Waals surface area contributed by atoms with Gasteiger partial charge in [-0.2, -0.15) is 5.26 Å². The van der Waals surface area contributed by atoms with E-state index in [9.17, 15) is 14.9 Å². The SMILES string of the molecule is N#Cc1ccccc1-c1ccc(/C=C2\SC(=O)N(CCOc3cccc4ccccc34)C2=O)o1. The third-order valence-electron chi connectivity index (χ3n) is 5.41. The first-order chi connectivity index (χ1) is 16.6. The fourth-order valence-electron chi connectivity index (χ4n) is 3.76. The predicted molar refractivity (Wildman–Crippen MR) is 131 cm³/mol. The molecule has 0 bridgehead atoms. The Labute approximate surface area is 200 Å². The number of nitrogens with zero attached hydrogens (tertiary/aromatic N) is 2. The number of ether oxygens (including phenoxy) is 1. The Hall–Kier alpha value is -4.28. The van der Waals surface area contributed by atoms with Gasteiger partial charge < -0.3 is 9.15 Å². The lowest BCUT2D eigenvalue weighted by Crippen LogP contribution is -2.32. The number of thioether (sulfide) groups is 1. The molecule has 0 atom stereocenters. The van der Waals surface area contributed by atoms with Gasteiger partial charge in [0.2, 0.25) is 0 Å². The van der Waals surface area contributed by atoms with E-state index >= 15 is 0 Å². The van der Waals surface area contributed by atoms with E-state index in [-0.39, 0.29) is 29.2 Å². The van der Waals surface area contributed by atoms with Crippen LogP contribution in [0, 0.1) is 11.3 Å². The van der Waals surface area contributed by atoms with E-state index in [4.69, 9.17) is 9.15 Å². The van der Waals surface area contributed by atoms with Crippen LogP contribution in [0.2, 0.25) is 0 Å². The molecule has 1 aliphatic heterocycles. The minimum Gasteiger partial charge on any atom is -0.491 e.